The van der Waals surface area contributed by atoms with E-state index in [-0.39, 0.29) is 0 Å². The van der Waals surface area contributed by atoms with Gasteiger partial charge in [0.25, 0.3) is 0 Å². The van der Waals surface area contributed by atoms with Crippen LogP contribution in [0.2, 0.25) is 0 Å². The summed E-state index contributed by atoms with van der Waals surface area (Å²) < 4.78 is 2.11. The molecule has 1 N–H and O–H groups in total. The molecule has 1 aliphatic rings. The quantitative estimate of drug-likeness (QED) is 0.825. The summed E-state index contributed by atoms with van der Waals surface area (Å²) in [5.74, 6) is 1.10. The van der Waals surface area contributed by atoms with Gasteiger partial charge in [0.05, 0.1) is 0 Å². The molecule has 1 aliphatic carbocycles. The van der Waals surface area contributed by atoms with Crippen molar-refractivity contribution >= 4 is 0 Å². The van der Waals surface area contributed by atoms with Crippen LogP contribution in [0.1, 0.15) is 44.9 Å². The highest BCUT2D eigenvalue weighted by atomic mass is 15.3. The summed E-state index contributed by atoms with van der Waals surface area (Å²) in [6.45, 7) is 4.12. The van der Waals surface area contributed by atoms with Crippen molar-refractivity contribution in [3.05, 3.63) is 12.2 Å². The monoisotopic (exact) mass is 222 g/mol. The zero-order valence-corrected chi connectivity index (χ0v) is 10.2. The third-order valence-electron chi connectivity index (χ3n) is 3.42. The number of aromatic nitrogens is 3. The van der Waals surface area contributed by atoms with E-state index in [2.05, 4.69) is 27.0 Å². The zero-order chi connectivity index (χ0) is 11.2. The molecule has 0 aliphatic heterocycles. The average Bonchev–Trinajstić information content (AvgIpc) is 2.78. The molecule has 0 aromatic carbocycles. The maximum atomic E-state index is 4.14. The van der Waals surface area contributed by atoms with E-state index in [9.17, 15) is 0 Å². The van der Waals surface area contributed by atoms with Gasteiger partial charge in [-0.2, -0.15) is 0 Å². The Labute approximate surface area is 97.5 Å². The Balaban J connectivity index is 1.71. The molecule has 4 heteroatoms. The third-order valence-corrected chi connectivity index (χ3v) is 3.42. The van der Waals surface area contributed by atoms with E-state index in [1.165, 1.54) is 32.1 Å². The smallest absolute Gasteiger partial charge is 0.134 e. The Kier molecular flexibility index (Phi) is 4.34. The van der Waals surface area contributed by atoms with Crippen molar-refractivity contribution in [2.45, 2.75) is 58.0 Å². The first-order valence-corrected chi connectivity index (χ1v) is 6.50. The van der Waals surface area contributed by atoms with Crippen LogP contribution >= 0.6 is 0 Å². The third kappa shape index (κ3) is 3.04. The van der Waals surface area contributed by atoms with Gasteiger partial charge in [-0.3, -0.25) is 0 Å². The number of nitrogens with one attached hydrogen (secondary N) is 1. The highest BCUT2D eigenvalue weighted by Gasteiger charge is 2.12. The van der Waals surface area contributed by atoms with Gasteiger partial charge in [-0.1, -0.05) is 19.3 Å². The Morgan fingerprint density at radius 2 is 2.19 bits per heavy atom. The lowest BCUT2D eigenvalue weighted by atomic mass is 9.95. The second kappa shape index (κ2) is 5.99. The second-order valence-electron chi connectivity index (χ2n) is 4.57. The van der Waals surface area contributed by atoms with Gasteiger partial charge in [0.15, 0.2) is 0 Å². The molecule has 0 radical (unpaired) electrons. The van der Waals surface area contributed by atoms with Crippen LogP contribution in [0, 0.1) is 0 Å². The number of rotatable bonds is 5. The second-order valence-corrected chi connectivity index (χ2v) is 4.57. The highest BCUT2D eigenvalue weighted by molar-refractivity contribution is 4.87. The van der Waals surface area contributed by atoms with Gasteiger partial charge in [0.2, 0.25) is 0 Å². The lowest BCUT2D eigenvalue weighted by Crippen LogP contribution is -2.32. The van der Waals surface area contributed by atoms with E-state index in [1.54, 1.807) is 0 Å². The standard InChI is InChI=1S/C12H22N4/c1-2-16-10-14-15-12(16)8-9-13-11-6-4-3-5-7-11/h10-11,13H,2-9H2,1H3. The molecule has 0 atom stereocenters. The zero-order valence-electron chi connectivity index (χ0n) is 10.2. The molecule has 0 spiro atoms. The van der Waals surface area contributed by atoms with Gasteiger partial charge in [0.1, 0.15) is 12.2 Å². The van der Waals surface area contributed by atoms with E-state index < -0.39 is 0 Å². The van der Waals surface area contributed by atoms with E-state index in [0.29, 0.717) is 0 Å². The molecule has 0 bridgehead atoms. The first-order valence-electron chi connectivity index (χ1n) is 6.50. The Hall–Kier alpha value is -0.900. The van der Waals surface area contributed by atoms with Crippen LogP contribution in [-0.2, 0) is 13.0 Å². The lowest BCUT2D eigenvalue weighted by Gasteiger charge is -2.22. The summed E-state index contributed by atoms with van der Waals surface area (Å²) in [6.07, 6.45) is 9.70. The van der Waals surface area contributed by atoms with Crippen molar-refractivity contribution in [1.29, 1.82) is 0 Å². The van der Waals surface area contributed by atoms with Crippen molar-refractivity contribution in [3.8, 4) is 0 Å². The fraction of sp³-hybridized carbons (Fsp3) is 0.833. The average molecular weight is 222 g/mol. The largest absolute Gasteiger partial charge is 0.318 e. The van der Waals surface area contributed by atoms with Gasteiger partial charge in [0, 0.05) is 25.6 Å². The first kappa shape index (κ1) is 11.6. The number of nitrogens with zero attached hydrogens (tertiary/aromatic N) is 3. The van der Waals surface area contributed by atoms with Crippen molar-refractivity contribution < 1.29 is 0 Å². The van der Waals surface area contributed by atoms with E-state index in [4.69, 9.17) is 0 Å². The van der Waals surface area contributed by atoms with E-state index in [1.807, 2.05) is 6.33 Å². The van der Waals surface area contributed by atoms with Crippen molar-refractivity contribution in [1.82, 2.24) is 20.1 Å². The fourth-order valence-electron chi connectivity index (χ4n) is 2.43. The molecule has 1 aromatic rings. The Morgan fingerprint density at radius 1 is 1.38 bits per heavy atom. The molecule has 1 aromatic heterocycles. The molecule has 1 saturated carbocycles. The summed E-state index contributed by atoms with van der Waals surface area (Å²) in [5.41, 5.74) is 0. The number of hydrogen-bond donors (Lipinski definition) is 1. The minimum atomic E-state index is 0.742. The maximum absolute atomic E-state index is 4.14. The fourth-order valence-corrected chi connectivity index (χ4v) is 2.43. The highest BCUT2D eigenvalue weighted by Crippen LogP contribution is 2.17. The summed E-state index contributed by atoms with van der Waals surface area (Å²) >= 11 is 0. The molecule has 16 heavy (non-hydrogen) atoms. The molecular formula is C12H22N4. The van der Waals surface area contributed by atoms with Gasteiger partial charge in [-0.15, -0.1) is 10.2 Å². The summed E-state index contributed by atoms with van der Waals surface area (Å²) in [7, 11) is 0. The van der Waals surface area contributed by atoms with E-state index in [0.717, 1.165) is 31.4 Å². The Bertz CT molecular complexity index is 302. The van der Waals surface area contributed by atoms with Crippen LogP contribution in [-0.4, -0.2) is 27.4 Å². The molecule has 90 valence electrons. The topological polar surface area (TPSA) is 42.7 Å². The molecule has 2 rings (SSSR count). The van der Waals surface area contributed by atoms with Crippen molar-refractivity contribution in [3.63, 3.8) is 0 Å². The SMILES string of the molecule is CCn1cnnc1CCNC1CCCCC1. The maximum Gasteiger partial charge on any atom is 0.134 e. The van der Waals surface area contributed by atoms with Gasteiger partial charge in [-0.05, 0) is 19.8 Å². The predicted molar refractivity (Wildman–Crippen MR) is 64.3 cm³/mol. The summed E-state index contributed by atoms with van der Waals surface area (Å²) in [4.78, 5) is 0. The van der Waals surface area contributed by atoms with Crippen LogP contribution < -0.4 is 5.32 Å². The van der Waals surface area contributed by atoms with Crippen molar-refractivity contribution in [2.24, 2.45) is 0 Å². The molecule has 0 saturated heterocycles. The number of aryl methyl sites for hydroxylation is 1. The minimum Gasteiger partial charge on any atom is -0.318 e. The lowest BCUT2D eigenvalue weighted by molar-refractivity contribution is 0.374. The molecule has 1 heterocycles. The number of hydrogen-bond acceptors (Lipinski definition) is 3. The van der Waals surface area contributed by atoms with E-state index >= 15 is 0 Å². The van der Waals surface area contributed by atoms with Gasteiger partial charge >= 0.3 is 0 Å². The van der Waals surface area contributed by atoms with Crippen LogP contribution in [0.15, 0.2) is 6.33 Å². The van der Waals surface area contributed by atoms with Crippen LogP contribution in [0.5, 0.6) is 0 Å². The molecule has 0 unspecified atom stereocenters. The first-order chi connectivity index (χ1) is 7.90. The molecule has 0 amide bonds. The van der Waals surface area contributed by atoms with Gasteiger partial charge < -0.3 is 9.88 Å². The summed E-state index contributed by atoms with van der Waals surface area (Å²) in [5, 5.41) is 11.7. The normalized spacial score (nSPS) is 17.8. The Morgan fingerprint density at radius 3 is 2.94 bits per heavy atom. The van der Waals surface area contributed by atoms with Crippen LogP contribution in [0.25, 0.3) is 0 Å². The molecule has 4 nitrogen and oxygen atoms in total. The molecular weight excluding hydrogens is 200 g/mol. The van der Waals surface area contributed by atoms with Gasteiger partial charge in [-0.25, -0.2) is 0 Å². The van der Waals surface area contributed by atoms with Crippen molar-refractivity contribution in [2.75, 3.05) is 6.54 Å². The van der Waals surface area contributed by atoms with Crippen LogP contribution in [0.3, 0.4) is 0 Å². The predicted octanol–water partition coefficient (Wildman–Crippen LogP) is 1.76. The molecule has 1 fully saturated rings. The summed E-state index contributed by atoms with van der Waals surface area (Å²) in [6, 6.07) is 0.742. The minimum absolute atomic E-state index is 0.742. The van der Waals surface area contributed by atoms with Crippen LogP contribution in [0.4, 0.5) is 0 Å².